The molecular formula is C26H30F2N8O2. The number of ether oxygens (including phenoxy) is 1. The monoisotopic (exact) mass is 524 g/mol. The highest BCUT2D eigenvalue weighted by molar-refractivity contribution is 5.98. The maximum atomic E-state index is 13.2. The molecule has 38 heavy (non-hydrogen) atoms. The Hall–Kier alpha value is -3.83. The number of carbonyl (C=O) groups is 1. The lowest BCUT2D eigenvalue weighted by atomic mass is 9.66. The van der Waals surface area contributed by atoms with Crippen LogP contribution < -0.4 is 10.1 Å². The standard InChI is InChI=1S/C26H30F2N8O2/c1-14-31-21-18(36(14)13-19(27)28)8-15(11-29-21)17-12-30-22-20(17)23(38-3)34-25(33-22)32-16-9-26(2,10-16)24(37)35-6-4-5-7-35/h8,11-12,16,19H,4-7,9-10,13H2,1-3H3,(H2,30,32,33,34)/t16-,26-. The van der Waals surface area contributed by atoms with Gasteiger partial charge in [-0.25, -0.2) is 18.7 Å². The number of amides is 1. The summed E-state index contributed by atoms with van der Waals surface area (Å²) in [7, 11) is 1.54. The Morgan fingerprint density at radius 2 is 2.03 bits per heavy atom. The highest BCUT2D eigenvalue weighted by Crippen LogP contribution is 2.44. The van der Waals surface area contributed by atoms with Gasteiger partial charge in [0.25, 0.3) is 6.43 Å². The third-order valence-corrected chi connectivity index (χ3v) is 7.76. The molecule has 10 nitrogen and oxygen atoms in total. The summed E-state index contributed by atoms with van der Waals surface area (Å²) in [5.74, 6) is 1.52. The normalized spacial score (nSPS) is 21.4. The summed E-state index contributed by atoms with van der Waals surface area (Å²) in [6.45, 7) is 4.98. The molecule has 0 atom stereocenters. The molecule has 5 heterocycles. The number of fused-ring (bicyclic) bond motifs is 2. The first-order valence-electron chi connectivity index (χ1n) is 12.9. The molecular weight excluding hydrogens is 494 g/mol. The molecule has 2 N–H and O–H groups in total. The second kappa shape index (κ2) is 9.17. The fraction of sp³-hybridized carbons (Fsp3) is 0.500. The molecule has 12 heteroatoms. The number of H-pyrrole nitrogens is 1. The smallest absolute Gasteiger partial charge is 0.256 e. The zero-order chi connectivity index (χ0) is 26.6. The molecule has 1 amide bonds. The van der Waals surface area contributed by atoms with Gasteiger partial charge < -0.3 is 24.5 Å². The summed E-state index contributed by atoms with van der Waals surface area (Å²) in [6.07, 6.45) is 4.54. The number of likely N-dealkylation sites (tertiary alicyclic amines) is 1. The van der Waals surface area contributed by atoms with Crippen LogP contribution >= 0.6 is 0 Å². The van der Waals surface area contributed by atoms with Crippen LogP contribution in [0.3, 0.4) is 0 Å². The predicted octanol–water partition coefficient (Wildman–Crippen LogP) is 4.15. The van der Waals surface area contributed by atoms with Crippen LogP contribution in [0.2, 0.25) is 0 Å². The molecule has 1 saturated heterocycles. The fourth-order valence-corrected chi connectivity index (χ4v) is 5.86. The van der Waals surface area contributed by atoms with Crippen molar-refractivity contribution in [1.82, 2.24) is 34.4 Å². The van der Waals surface area contributed by atoms with E-state index in [9.17, 15) is 13.6 Å². The fourth-order valence-electron chi connectivity index (χ4n) is 5.86. The second-order valence-corrected chi connectivity index (χ2v) is 10.5. The number of anilines is 1. The van der Waals surface area contributed by atoms with Gasteiger partial charge in [-0.1, -0.05) is 6.92 Å². The van der Waals surface area contributed by atoms with Crippen LogP contribution in [-0.4, -0.2) is 73.0 Å². The Morgan fingerprint density at radius 3 is 2.74 bits per heavy atom. The van der Waals surface area contributed by atoms with Crippen LogP contribution in [-0.2, 0) is 11.3 Å². The Labute approximate surface area is 217 Å². The van der Waals surface area contributed by atoms with Gasteiger partial charge in [-0.15, -0.1) is 0 Å². The molecule has 200 valence electrons. The third kappa shape index (κ3) is 4.11. The summed E-state index contributed by atoms with van der Waals surface area (Å²) in [6, 6.07) is 1.89. The number of methoxy groups -OCH3 is 1. The number of aryl methyl sites for hydroxylation is 1. The first-order chi connectivity index (χ1) is 18.3. The third-order valence-electron chi connectivity index (χ3n) is 7.76. The van der Waals surface area contributed by atoms with E-state index in [-0.39, 0.29) is 17.4 Å². The summed E-state index contributed by atoms with van der Waals surface area (Å²) in [4.78, 5) is 36.0. The number of pyridine rings is 1. The van der Waals surface area contributed by atoms with Gasteiger partial charge >= 0.3 is 0 Å². The molecule has 1 aliphatic carbocycles. The van der Waals surface area contributed by atoms with E-state index in [2.05, 4.69) is 30.2 Å². The van der Waals surface area contributed by atoms with Gasteiger partial charge in [0.15, 0.2) is 5.65 Å². The number of alkyl halides is 2. The zero-order valence-corrected chi connectivity index (χ0v) is 21.6. The number of hydrogen-bond acceptors (Lipinski definition) is 7. The number of aromatic nitrogens is 6. The number of nitrogens with one attached hydrogen (secondary N) is 2. The molecule has 4 aromatic rings. The van der Waals surface area contributed by atoms with Gasteiger partial charge in [-0.2, -0.15) is 9.97 Å². The van der Waals surface area contributed by atoms with Gasteiger partial charge in [0.2, 0.25) is 17.7 Å². The molecule has 4 aromatic heterocycles. The largest absolute Gasteiger partial charge is 0.480 e. The molecule has 0 bridgehead atoms. The van der Waals surface area contributed by atoms with Crippen molar-refractivity contribution in [3.63, 3.8) is 0 Å². The van der Waals surface area contributed by atoms with Crippen molar-refractivity contribution >= 4 is 34.1 Å². The number of nitrogens with zero attached hydrogens (tertiary/aromatic N) is 6. The lowest BCUT2D eigenvalue weighted by molar-refractivity contribution is -0.145. The Morgan fingerprint density at radius 1 is 1.26 bits per heavy atom. The zero-order valence-electron chi connectivity index (χ0n) is 21.6. The SMILES string of the molecule is COc1nc(N[C@H]2C[C@](C)(C(=O)N3CCCC3)C2)nc2[nH]cc(-c3cnc4nc(C)n(CC(F)F)c4c3)c12. The minimum atomic E-state index is -2.51. The Balaban J connectivity index is 1.26. The first kappa shape index (κ1) is 24.5. The van der Waals surface area contributed by atoms with E-state index in [1.54, 1.807) is 32.5 Å². The first-order valence-corrected chi connectivity index (χ1v) is 12.9. The number of rotatable bonds is 7. The molecule has 0 radical (unpaired) electrons. The van der Waals surface area contributed by atoms with Crippen LogP contribution in [0, 0.1) is 12.3 Å². The van der Waals surface area contributed by atoms with Crippen molar-refractivity contribution in [2.45, 2.75) is 58.5 Å². The molecule has 2 aliphatic rings. The molecule has 2 fully saturated rings. The molecule has 0 aromatic carbocycles. The van der Waals surface area contributed by atoms with Gasteiger partial charge in [-0.3, -0.25) is 4.79 Å². The van der Waals surface area contributed by atoms with Crippen molar-refractivity contribution in [1.29, 1.82) is 0 Å². The van der Waals surface area contributed by atoms with Crippen LogP contribution in [0.15, 0.2) is 18.5 Å². The Bertz CT molecular complexity index is 1520. The van der Waals surface area contributed by atoms with Crippen molar-refractivity contribution in [2.75, 3.05) is 25.5 Å². The van der Waals surface area contributed by atoms with E-state index in [0.29, 0.717) is 45.4 Å². The summed E-state index contributed by atoms with van der Waals surface area (Å²) < 4.78 is 33.4. The van der Waals surface area contributed by atoms with E-state index in [1.165, 1.54) is 4.57 Å². The highest BCUT2D eigenvalue weighted by Gasteiger charge is 2.48. The minimum absolute atomic E-state index is 0.0908. The van der Waals surface area contributed by atoms with E-state index in [4.69, 9.17) is 4.74 Å². The lowest BCUT2D eigenvalue weighted by Gasteiger charge is -2.45. The van der Waals surface area contributed by atoms with Crippen LogP contribution in [0.4, 0.5) is 14.7 Å². The molecule has 1 saturated carbocycles. The minimum Gasteiger partial charge on any atom is -0.480 e. The van der Waals surface area contributed by atoms with Crippen molar-refractivity contribution in [3.8, 4) is 17.0 Å². The van der Waals surface area contributed by atoms with Gasteiger partial charge in [-0.05, 0) is 38.7 Å². The number of imidazole rings is 1. The van der Waals surface area contributed by atoms with Crippen molar-refractivity contribution in [2.24, 2.45) is 5.41 Å². The lowest BCUT2D eigenvalue weighted by Crippen LogP contribution is -2.53. The highest BCUT2D eigenvalue weighted by atomic mass is 19.3. The van der Waals surface area contributed by atoms with E-state index in [1.807, 2.05) is 11.8 Å². The second-order valence-electron chi connectivity index (χ2n) is 10.5. The summed E-state index contributed by atoms with van der Waals surface area (Å²) >= 11 is 0. The molecule has 1 aliphatic heterocycles. The number of aromatic amines is 1. The predicted molar refractivity (Wildman–Crippen MR) is 138 cm³/mol. The van der Waals surface area contributed by atoms with Crippen molar-refractivity contribution in [3.05, 3.63) is 24.3 Å². The maximum Gasteiger partial charge on any atom is 0.256 e. The molecule has 6 rings (SSSR count). The average molecular weight is 525 g/mol. The van der Waals surface area contributed by atoms with Gasteiger partial charge in [0.1, 0.15) is 11.5 Å². The number of halogens is 2. The Kier molecular flexibility index (Phi) is 5.92. The van der Waals surface area contributed by atoms with Crippen LogP contribution in [0.5, 0.6) is 5.88 Å². The topological polar surface area (TPSA) is 114 Å². The van der Waals surface area contributed by atoms with Crippen LogP contribution in [0.1, 0.15) is 38.4 Å². The van der Waals surface area contributed by atoms with Gasteiger partial charge in [0.05, 0.1) is 30.0 Å². The van der Waals surface area contributed by atoms with Crippen LogP contribution in [0.25, 0.3) is 33.3 Å². The van der Waals surface area contributed by atoms with Crippen molar-refractivity contribution < 1.29 is 18.3 Å². The summed E-state index contributed by atoms with van der Waals surface area (Å²) in [5, 5.41) is 4.02. The average Bonchev–Trinajstić information content (AvgIpc) is 3.61. The van der Waals surface area contributed by atoms with E-state index in [0.717, 1.165) is 44.3 Å². The molecule has 0 spiro atoms. The van der Waals surface area contributed by atoms with E-state index < -0.39 is 13.0 Å². The van der Waals surface area contributed by atoms with E-state index >= 15 is 0 Å². The number of carbonyl (C=O) groups excluding carboxylic acids is 1. The quantitative estimate of drug-likeness (QED) is 0.373. The maximum absolute atomic E-state index is 13.2. The summed E-state index contributed by atoms with van der Waals surface area (Å²) in [5.41, 5.74) is 2.62. The number of hydrogen-bond donors (Lipinski definition) is 2. The molecule has 0 unspecified atom stereocenters. The van der Waals surface area contributed by atoms with Gasteiger partial charge in [0, 0.05) is 42.7 Å².